The summed E-state index contributed by atoms with van der Waals surface area (Å²) < 4.78 is 5.12. The Hall–Kier alpha value is -1.30. The average Bonchev–Trinajstić information content (AvgIpc) is 2.69. The molecule has 0 radical (unpaired) electrons. The predicted octanol–water partition coefficient (Wildman–Crippen LogP) is 1.27. The van der Waals surface area contributed by atoms with Crippen LogP contribution in [0.5, 0.6) is 0 Å². The lowest BCUT2D eigenvalue weighted by Gasteiger charge is -2.27. The third-order valence-electron chi connectivity index (χ3n) is 3.04. The van der Waals surface area contributed by atoms with Gasteiger partial charge in [0.1, 0.15) is 6.04 Å². The minimum atomic E-state index is -0.676. The van der Waals surface area contributed by atoms with Gasteiger partial charge >= 0.3 is 6.09 Å². The molecule has 116 valence electrons. The summed E-state index contributed by atoms with van der Waals surface area (Å²) in [6.07, 6.45) is 0.781. The number of unbranched alkanes of at least 4 members (excludes halogenated alkanes) is 1. The molecule has 1 heterocycles. The van der Waals surface area contributed by atoms with Gasteiger partial charge in [-0.1, -0.05) is 13.3 Å². The van der Waals surface area contributed by atoms with Crippen molar-refractivity contribution in [3.05, 3.63) is 0 Å². The van der Waals surface area contributed by atoms with Crippen molar-refractivity contribution >= 4 is 12.0 Å². The quantitative estimate of drug-likeness (QED) is 0.763. The van der Waals surface area contributed by atoms with E-state index < -0.39 is 18.2 Å². The number of aliphatic hydroxyl groups excluding tert-OH is 1. The van der Waals surface area contributed by atoms with Crippen LogP contribution in [-0.4, -0.2) is 52.8 Å². The molecule has 0 aromatic carbocycles. The van der Waals surface area contributed by atoms with E-state index in [1.54, 1.807) is 0 Å². The van der Waals surface area contributed by atoms with Gasteiger partial charge in [-0.2, -0.15) is 0 Å². The van der Waals surface area contributed by atoms with E-state index in [1.165, 1.54) is 4.90 Å². The highest BCUT2D eigenvalue weighted by molar-refractivity contribution is 5.86. The average molecular weight is 286 g/mol. The first-order valence-electron chi connectivity index (χ1n) is 7.18. The standard InChI is InChI=1S/C14H26N2O4/c1-5-6-7-20-13(19)16-9-10(17)8-11(16)12(18)15-14(2,3)4/h10-11,17H,5-9H2,1-4H3,(H,15,18)/t10-,11+/m1/s1. The molecule has 6 nitrogen and oxygen atoms in total. The minimum absolute atomic E-state index is 0.146. The second-order valence-electron chi connectivity index (χ2n) is 6.26. The lowest BCUT2D eigenvalue weighted by molar-refractivity contribution is -0.126. The highest BCUT2D eigenvalue weighted by atomic mass is 16.6. The molecule has 20 heavy (non-hydrogen) atoms. The molecule has 0 aromatic heterocycles. The van der Waals surface area contributed by atoms with Crippen molar-refractivity contribution in [3.8, 4) is 0 Å². The molecular formula is C14H26N2O4. The summed E-state index contributed by atoms with van der Waals surface area (Å²) in [4.78, 5) is 25.5. The Morgan fingerprint density at radius 1 is 1.40 bits per heavy atom. The van der Waals surface area contributed by atoms with Gasteiger partial charge < -0.3 is 15.2 Å². The van der Waals surface area contributed by atoms with Gasteiger partial charge in [0.2, 0.25) is 5.91 Å². The highest BCUT2D eigenvalue weighted by Crippen LogP contribution is 2.20. The third kappa shape index (κ3) is 5.00. The van der Waals surface area contributed by atoms with Crippen LogP contribution in [0.4, 0.5) is 4.79 Å². The van der Waals surface area contributed by atoms with Crippen LogP contribution in [-0.2, 0) is 9.53 Å². The van der Waals surface area contributed by atoms with Gasteiger partial charge in [-0.15, -0.1) is 0 Å². The Labute approximate surface area is 120 Å². The molecule has 1 saturated heterocycles. The number of amides is 2. The van der Waals surface area contributed by atoms with Gasteiger partial charge in [0.25, 0.3) is 0 Å². The maximum atomic E-state index is 12.2. The molecule has 1 aliphatic heterocycles. The Kier molecular flexibility index (Phi) is 5.80. The zero-order valence-electron chi connectivity index (χ0n) is 12.8. The van der Waals surface area contributed by atoms with E-state index in [9.17, 15) is 14.7 Å². The van der Waals surface area contributed by atoms with Gasteiger partial charge in [0.05, 0.1) is 19.3 Å². The van der Waals surface area contributed by atoms with E-state index in [1.807, 2.05) is 27.7 Å². The van der Waals surface area contributed by atoms with Crippen LogP contribution < -0.4 is 5.32 Å². The highest BCUT2D eigenvalue weighted by Gasteiger charge is 2.40. The lowest BCUT2D eigenvalue weighted by atomic mass is 10.1. The normalized spacial score (nSPS) is 22.8. The van der Waals surface area contributed by atoms with Gasteiger partial charge in [0.15, 0.2) is 0 Å². The smallest absolute Gasteiger partial charge is 0.410 e. The number of hydrogen-bond donors (Lipinski definition) is 2. The number of carbonyl (C=O) groups excluding carboxylic acids is 2. The van der Waals surface area contributed by atoms with E-state index in [0.717, 1.165) is 12.8 Å². The van der Waals surface area contributed by atoms with Crippen LogP contribution in [0.1, 0.15) is 47.0 Å². The van der Waals surface area contributed by atoms with Crippen LogP contribution in [0.2, 0.25) is 0 Å². The zero-order valence-corrected chi connectivity index (χ0v) is 12.8. The molecule has 0 saturated carbocycles. The summed E-state index contributed by atoms with van der Waals surface area (Å²) in [5.41, 5.74) is -0.373. The fourth-order valence-electron chi connectivity index (χ4n) is 2.10. The largest absolute Gasteiger partial charge is 0.449 e. The van der Waals surface area contributed by atoms with Crippen molar-refractivity contribution in [2.24, 2.45) is 0 Å². The van der Waals surface area contributed by atoms with Crippen LogP contribution in [0.15, 0.2) is 0 Å². The number of nitrogens with zero attached hydrogens (tertiary/aromatic N) is 1. The predicted molar refractivity (Wildman–Crippen MR) is 75.3 cm³/mol. The number of rotatable bonds is 4. The lowest BCUT2D eigenvalue weighted by Crippen LogP contribution is -2.51. The number of hydrogen-bond acceptors (Lipinski definition) is 4. The van der Waals surface area contributed by atoms with Crippen molar-refractivity contribution in [2.45, 2.75) is 64.6 Å². The van der Waals surface area contributed by atoms with E-state index in [0.29, 0.717) is 6.61 Å². The zero-order chi connectivity index (χ0) is 15.3. The number of ether oxygens (including phenoxy) is 1. The molecular weight excluding hydrogens is 260 g/mol. The summed E-state index contributed by atoms with van der Waals surface area (Å²) in [6.45, 7) is 8.12. The Bertz CT molecular complexity index is 352. The van der Waals surface area contributed by atoms with Crippen molar-refractivity contribution in [1.82, 2.24) is 10.2 Å². The van der Waals surface area contributed by atoms with Gasteiger partial charge in [0, 0.05) is 12.0 Å². The topological polar surface area (TPSA) is 78.9 Å². The molecule has 0 spiro atoms. The molecule has 0 bridgehead atoms. The summed E-state index contributed by atoms with van der Waals surface area (Å²) in [5.74, 6) is -0.249. The molecule has 1 fully saturated rings. The molecule has 1 rings (SSSR count). The Morgan fingerprint density at radius 2 is 2.05 bits per heavy atom. The summed E-state index contributed by atoms with van der Waals surface area (Å²) in [5, 5.41) is 12.5. The SMILES string of the molecule is CCCCOC(=O)N1C[C@H](O)C[C@H]1C(=O)NC(C)(C)C. The monoisotopic (exact) mass is 286 g/mol. The van der Waals surface area contributed by atoms with Crippen molar-refractivity contribution in [1.29, 1.82) is 0 Å². The van der Waals surface area contributed by atoms with Crippen molar-refractivity contribution in [3.63, 3.8) is 0 Å². The van der Waals surface area contributed by atoms with Crippen LogP contribution in [0.3, 0.4) is 0 Å². The molecule has 2 atom stereocenters. The molecule has 0 aliphatic carbocycles. The first kappa shape index (κ1) is 16.8. The number of aliphatic hydroxyl groups is 1. The first-order chi connectivity index (χ1) is 9.24. The second kappa shape index (κ2) is 6.92. The molecule has 0 unspecified atom stereocenters. The van der Waals surface area contributed by atoms with E-state index in [2.05, 4.69) is 5.32 Å². The van der Waals surface area contributed by atoms with E-state index >= 15 is 0 Å². The minimum Gasteiger partial charge on any atom is -0.449 e. The molecule has 6 heteroatoms. The van der Waals surface area contributed by atoms with Crippen LogP contribution >= 0.6 is 0 Å². The van der Waals surface area contributed by atoms with E-state index in [4.69, 9.17) is 4.74 Å². The molecule has 0 aromatic rings. The summed E-state index contributed by atoms with van der Waals surface area (Å²) in [7, 11) is 0. The molecule has 2 amide bonds. The Morgan fingerprint density at radius 3 is 2.60 bits per heavy atom. The number of β-amino-alcohol motifs (C(OH)–C–C–N with tert-alkyl or cyclic N) is 1. The molecule has 1 aliphatic rings. The fraction of sp³-hybridized carbons (Fsp3) is 0.857. The van der Waals surface area contributed by atoms with Crippen LogP contribution in [0, 0.1) is 0 Å². The Balaban J connectivity index is 2.63. The number of nitrogens with one attached hydrogen (secondary N) is 1. The van der Waals surface area contributed by atoms with Gasteiger partial charge in [-0.05, 0) is 27.2 Å². The van der Waals surface area contributed by atoms with Gasteiger partial charge in [-0.25, -0.2) is 4.79 Å². The maximum Gasteiger partial charge on any atom is 0.410 e. The third-order valence-corrected chi connectivity index (χ3v) is 3.04. The van der Waals surface area contributed by atoms with Crippen molar-refractivity contribution in [2.75, 3.05) is 13.2 Å². The van der Waals surface area contributed by atoms with E-state index in [-0.39, 0.29) is 24.4 Å². The second-order valence-corrected chi connectivity index (χ2v) is 6.26. The van der Waals surface area contributed by atoms with Crippen LogP contribution in [0.25, 0.3) is 0 Å². The summed E-state index contributed by atoms with van der Waals surface area (Å²) >= 11 is 0. The number of likely N-dealkylation sites (tertiary alicyclic amines) is 1. The molecule has 2 N–H and O–H groups in total. The fourth-order valence-corrected chi connectivity index (χ4v) is 2.10. The first-order valence-corrected chi connectivity index (χ1v) is 7.18. The number of carbonyl (C=O) groups is 2. The maximum absolute atomic E-state index is 12.2. The van der Waals surface area contributed by atoms with Crippen molar-refractivity contribution < 1.29 is 19.4 Å². The summed E-state index contributed by atoms with van der Waals surface area (Å²) in [6, 6.07) is -0.654. The van der Waals surface area contributed by atoms with Gasteiger partial charge in [-0.3, -0.25) is 9.69 Å².